The Balaban J connectivity index is 2.19. The Bertz CT molecular complexity index is 419. The molecule has 1 aromatic heterocycles. The van der Waals surface area contributed by atoms with Crippen molar-refractivity contribution < 1.29 is 4.92 Å². The molecule has 0 amide bonds. The molecule has 1 unspecified atom stereocenters. The lowest BCUT2D eigenvalue weighted by Crippen LogP contribution is -2.26. The summed E-state index contributed by atoms with van der Waals surface area (Å²) in [6.45, 7) is 1.74. The van der Waals surface area contributed by atoms with Crippen LogP contribution in [0.25, 0.3) is 0 Å². The zero-order valence-electron chi connectivity index (χ0n) is 9.68. The van der Waals surface area contributed by atoms with Gasteiger partial charge in [0.2, 0.25) is 5.82 Å². The minimum atomic E-state index is -0.360. The maximum Gasteiger partial charge on any atom is 0.314 e. The summed E-state index contributed by atoms with van der Waals surface area (Å²) in [5, 5.41) is 14.2. The van der Waals surface area contributed by atoms with Crippen molar-refractivity contribution in [2.45, 2.75) is 25.8 Å². The average molecular weight is 253 g/mol. The van der Waals surface area contributed by atoms with Gasteiger partial charge in [-0.25, -0.2) is 4.98 Å². The van der Waals surface area contributed by atoms with Crippen LogP contribution in [0.15, 0.2) is 12.3 Å². The summed E-state index contributed by atoms with van der Waals surface area (Å²) >= 11 is 1.88. The zero-order valence-corrected chi connectivity index (χ0v) is 10.5. The van der Waals surface area contributed by atoms with Crippen LogP contribution in [0.3, 0.4) is 0 Å². The highest BCUT2D eigenvalue weighted by molar-refractivity contribution is 7.99. The van der Waals surface area contributed by atoms with E-state index < -0.39 is 0 Å². The summed E-state index contributed by atoms with van der Waals surface area (Å²) in [6.07, 6.45) is 3.82. The summed E-state index contributed by atoms with van der Waals surface area (Å²) in [7, 11) is 0. The minimum Gasteiger partial charge on any atom is -0.361 e. The molecule has 2 heterocycles. The van der Waals surface area contributed by atoms with Gasteiger partial charge in [0.15, 0.2) is 0 Å². The molecular weight excluding hydrogens is 238 g/mol. The highest BCUT2D eigenvalue weighted by Crippen LogP contribution is 2.28. The highest BCUT2D eigenvalue weighted by Gasteiger charge is 2.22. The Morgan fingerprint density at radius 2 is 2.47 bits per heavy atom. The molecule has 1 N–H and O–H groups in total. The van der Waals surface area contributed by atoms with Gasteiger partial charge in [-0.1, -0.05) is 0 Å². The Morgan fingerprint density at radius 1 is 1.65 bits per heavy atom. The minimum absolute atomic E-state index is 0.100. The number of hydrogen-bond donors (Lipinski definition) is 1. The molecule has 1 saturated heterocycles. The zero-order chi connectivity index (χ0) is 12.3. The fraction of sp³-hybridized carbons (Fsp3) is 0.545. The molecule has 1 aliphatic rings. The van der Waals surface area contributed by atoms with Crippen LogP contribution in [0.4, 0.5) is 11.5 Å². The van der Waals surface area contributed by atoms with Gasteiger partial charge in [0.05, 0.1) is 4.92 Å². The van der Waals surface area contributed by atoms with Crippen molar-refractivity contribution in [2.24, 2.45) is 0 Å². The highest BCUT2D eigenvalue weighted by atomic mass is 32.2. The van der Waals surface area contributed by atoms with Crippen LogP contribution in [0.5, 0.6) is 0 Å². The first-order valence-corrected chi connectivity index (χ1v) is 6.78. The fourth-order valence-corrected chi connectivity index (χ4v) is 3.01. The number of aryl methyl sites for hydroxylation is 1. The van der Waals surface area contributed by atoms with Crippen LogP contribution in [-0.4, -0.2) is 27.5 Å². The molecule has 17 heavy (non-hydrogen) atoms. The van der Waals surface area contributed by atoms with E-state index in [1.807, 2.05) is 11.8 Å². The second-order valence-electron chi connectivity index (χ2n) is 4.14. The lowest BCUT2D eigenvalue weighted by atomic mass is 10.1. The molecule has 0 saturated carbocycles. The predicted molar refractivity (Wildman–Crippen MR) is 69.6 cm³/mol. The molecule has 5 nitrogen and oxygen atoms in total. The molecule has 1 aliphatic heterocycles. The number of aromatic nitrogens is 1. The van der Waals surface area contributed by atoms with Crippen LogP contribution in [0.2, 0.25) is 0 Å². The standard InChI is InChI=1S/C11H15N3O2S/c1-8-4-5-12-11(10(8)14(15)16)13-9-3-2-6-17-7-9/h4-5,9H,2-3,6-7H2,1H3,(H,12,13). The number of hydrogen-bond acceptors (Lipinski definition) is 5. The van der Waals surface area contributed by atoms with E-state index in [-0.39, 0.29) is 10.6 Å². The Kier molecular flexibility index (Phi) is 3.83. The van der Waals surface area contributed by atoms with Crippen molar-refractivity contribution in [1.82, 2.24) is 4.98 Å². The van der Waals surface area contributed by atoms with Crippen LogP contribution in [0, 0.1) is 17.0 Å². The van der Waals surface area contributed by atoms with Crippen molar-refractivity contribution in [1.29, 1.82) is 0 Å². The first kappa shape index (κ1) is 12.2. The van der Waals surface area contributed by atoms with Crippen molar-refractivity contribution in [2.75, 3.05) is 16.8 Å². The monoisotopic (exact) mass is 253 g/mol. The van der Waals surface area contributed by atoms with Gasteiger partial charge >= 0.3 is 5.69 Å². The molecule has 2 rings (SSSR count). The van der Waals surface area contributed by atoms with Gasteiger partial charge in [0.25, 0.3) is 0 Å². The van der Waals surface area contributed by atoms with E-state index in [1.54, 1.807) is 19.2 Å². The molecule has 92 valence electrons. The summed E-state index contributed by atoms with van der Waals surface area (Å²) in [5.74, 6) is 2.58. The van der Waals surface area contributed by atoms with Gasteiger partial charge in [-0.2, -0.15) is 11.8 Å². The fourth-order valence-electron chi connectivity index (χ4n) is 1.93. The number of nitrogens with zero attached hydrogens (tertiary/aromatic N) is 2. The second-order valence-corrected chi connectivity index (χ2v) is 5.29. The van der Waals surface area contributed by atoms with Crippen LogP contribution in [0.1, 0.15) is 18.4 Å². The predicted octanol–water partition coefficient (Wildman–Crippen LogP) is 2.61. The van der Waals surface area contributed by atoms with E-state index in [9.17, 15) is 10.1 Å². The Labute approximate surface area is 104 Å². The van der Waals surface area contributed by atoms with Crippen molar-refractivity contribution >= 4 is 23.3 Å². The third-order valence-electron chi connectivity index (χ3n) is 2.81. The molecule has 0 bridgehead atoms. The van der Waals surface area contributed by atoms with Crippen LogP contribution in [-0.2, 0) is 0 Å². The molecule has 0 aromatic carbocycles. The molecule has 1 atom stereocenters. The molecule has 0 radical (unpaired) electrons. The van der Waals surface area contributed by atoms with Gasteiger partial charge in [0.1, 0.15) is 0 Å². The molecule has 0 spiro atoms. The van der Waals surface area contributed by atoms with E-state index in [4.69, 9.17) is 0 Å². The van der Waals surface area contributed by atoms with Gasteiger partial charge in [0, 0.05) is 23.6 Å². The smallest absolute Gasteiger partial charge is 0.314 e. The van der Waals surface area contributed by atoms with E-state index >= 15 is 0 Å². The quantitative estimate of drug-likeness (QED) is 0.662. The summed E-state index contributed by atoms with van der Waals surface area (Å²) in [4.78, 5) is 14.7. The van der Waals surface area contributed by atoms with E-state index in [0.717, 1.165) is 18.6 Å². The van der Waals surface area contributed by atoms with Gasteiger partial charge in [-0.15, -0.1) is 0 Å². The number of pyridine rings is 1. The first-order chi connectivity index (χ1) is 8.18. The summed E-state index contributed by atoms with van der Waals surface area (Å²) < 4.78 is 0. The van der Waals surface area contributed by atoms with Gasteiger partial charge in [-0.3, -0.25) is 10.1 Å². The number of rotatable bonds is 3. The molecule has 1 aromatic rings. The number of nitro groups is 1. The molecule has 1 fully saturated rings. The SMILES string of the molecule is Cc1ccnc(NC2CCCSC2)c1[N+](=O)[O-]. The lowest BCUT2D eigenvalue weighted by molar-refractivity contribution is -0.384. The van der Waals surface area contributed by atoms with Crippen LogP contribution < -0.4 is 5.32 Å². The lowest BCUT2D eigenvalue weighted by Gasteiger charge is -2.22. The summed E-state index contributed by atoms with van der Waals surface area (Å²) in [5.41, 5.74) is 0.749. The van der Waals surface area contributed by atoms with Crippen molar-refractivity contribution in [3.8, 4) is 0 Å². The van der Waals surface area contributed by atoms with Gasteiger partial charge < -0.3 is 5.32 Å². The van der Waals surface area contributed by atoms with Crippen molar-refractivity contribution in [3.63, 3.8) is 0 Å². The normalized spacial score (nSPS) is 19.9. The number of anilines is 1. The van der Waals surface area contributed by atoms with Gasteiger partial charge in [-0.05, 0) is 31.6 Å². The first-order valence-electron chi connectivity index (χ1n) is 5.63. The average Bonchev–Trinajstić information content (AvgIpc) is 2.30. The maximum atomic E-state index is 11.0. The van der Waals surface area contributed by atoms with E-state index in [1.165, 1.54) is 5.75 Å². The Morgan fingerprint density at radius 3 is 3.12 bits per heavy atom. The number of thioether (sulfide) groups is 1. The number of nitrogens with one attached hydrogen (secondary N) is 1. The van der Waals surface area contributed by atoms with Crippen molar-refractivity contribution in [3.05, 3.63) is 27.9 Å². The van der Waals surface area contributed by atoms with E-state index in [2.05, 4.69) is 10.3 Å². The molecular formula is C11H15N3O2S. The Hall–Kier alpha value is -1.30. The second kappa shape index (κ2) is 5.35. The van der Waals surface area contributed by atoms with E-state index in [0.29, 0.717) is 17.4 Å². The third kappa shape index (κ3) is 2.88. The summed E-state index contributed by atoms with van der Waals surface area (Å²) in [6, 6.07) is 1.96. The maximum absolute atomic E-state index is 11.0. The topological polar surface area (TPSA) is 68.1 Å². The molecule has 0 aliphatic carbocycles. The largest absolute Gasteiger partial charge is 0.361 e. The van der Waals surface area contributed by atoms with Crippen LogP contribution >= 0.6 is 11.8 Å². The molecule has 6 heteroatoms. The third-order valence-corrected chi connectivity index (χ3v) is 4.03.